The Morgan fingerprint density at radius 3 is 2.67 bits per heavy atom. The minimum absolute atomic E-state index is 0.191. The molecule has 0 aliphatic carbocycles. The van der Waals surface area contributed by atoms with E-state index in [1.165, 1.54) is 0 Å². The second-order valence-electron chi connectivity index (χ2n) is 4.24. The predicted molar refractivity (Wildman–Crippen MR) is 74.6 cm³/mol. The Balaban J connectivity index is 1.85. The Morgan fingerprint density at radius 1 is 1.33 bits per heavy atom. The van der Waals surface area contributed by atoms with Gasteiger partial charge in [0.25, 0.3) is 0 Å². The lowest BCUT2D eigenvalue weighted by molar-refractivity contribution is 0.0980. The molecular formula is C14H15BrN2O. The van der Waals surface area contributed by atoms with Crippen LogP contribution < -0.4 is 0 Å². The van der Waals surface area contributed by atoms with Gasteiger partial charge in [-0.1, -0.05) is 28.1 Å². The van der Waals surface area contributed by atoms with Gasteiger partial charge in [-0.3, -0.25) is 4.79 Å². The second-order valence-corrected chi connectivity index (χ2v) is 5.15. The molecule has 0 amide bonds. The van der Waals surface area contributed by atoms with Gasteiger partial charge in [0.2, 0.25) is 0 Å². The molecule has 1 aromatic carbocycles. The molecule has 94 valence electrons. The van der Waals surface area contributed by atoms with Gasteiger partial charge in [0.05, 0.1) is 0 Å². The van der Waals surface area contributed by atoms with Crippen molar-refractivity contribution in [1.82, 2.24) is 9.55 Å². The van der Waals surface area contributed by atoms with E-state index in [2.05, 4.69) is 20.9 Å². The number of rotatable bonds is 5. The molecule has 18 heavy (non-hydrogen) atoms. The van der Waals surface area contributed by atoms with Crippen molar-refractivity contribution in [2.75, 3.05) is 0 Å². The number of carbonyl (C=O) groups is 1. The third-order valence-corrected chi connectivity index (χ3v) is 3.42. The Hall–Kier alpha value is -1.42. The highest BCUT2D eigenvalue weighted by atomic mass is 79.9. The fourth-order valence-electron chi connectivity index (χ4n) is 1.82. The molecule has 4 heteroatoms. The van der Waals surface area contributed by atoms with E-state index in [1.54, 1.807) is 6.20 Å². The number of aryl methyl sites for hydroxylation is 2. The fourth-order valence-corrected chi connectivity index (χ4v) is 2.09. The molecule has 0 saturated heterocycles. The van der Waals surface area contributed by atoms with Crippen LogP contribution in [0.3, 0.4) is 0 Å². The average Bonchev–Trinajstić information content (AvgIpc) is 2.76. The maximum atomic E-state index is 11.9. The highest BCUT2D eigenvalue weighted by molar-refractivity contribution is 9.10. The average molecular weight is 307 g/mol. The zero-order valence-electron chi connectivity index (χ0n) is 10.3. The zero-order valence-corrected chi connectivity index (χ0v) is 11.9. The first-order valence-corrected chi connectivity index (χ1v) is 6.71. The molecule has 0 radical (unpaired) electrons. The number of benzene rings is 1. The maximum absolute atomic E-state index is 11.9. The summed E-state index contributed by atoms with van der Waals surface area (Å²) >= 11 is 3.36. The van der Waals surface area contributed by atoms with Crippen LogP contribution in [0.15, 0.2) is 41.1 Å². The first kappa shape index (κ1) is 13.0. The lowest BCUT2D eigenvalue weighted by Crippen LogP contribution is -2.02. The highest BCUT2D eigenvalue weighted by Gasteiger charge is 2.06. The first-order valence-electron chi connectivity index (χ1n) is 5.92. The van der Waals surface area contributed by atoms with E-state index in [-0.39, 0.29) is 5.78 Å². The van der Waals surface area contributed by atoms with Gasteiger partial charge < -0.3 is 4.57 Å². The van der Waals surface area contributed by atoms with E-state index in [9.17, 15) is 4.79 Å². The summed E-state index contributed by atoms with van der Waals surface area (Å²) in [5.41, 5.74) is 0.776. The molecule has 1 heterocycles. The van der Waals surface area contributed by atoms with Crippen molar-refractivity contribution in [2.24, 2.45) is 7.05 Å². The Bertz CT molecular complexity index is 531. The number of carbonyl (C=O) groups excluding carboxylic acids is 1. The molecule has 0 unspecified atom stereocenters. The lowest BCUT2D eigenvalue weighted by Gasteiger charge is -2.02. The molecule has 0 aliphatic heterocycles. The van der Waals surface area contributed by atoms with Crippen LogP contribution in [-0.2, 0) is 13.5 Å². The van der Waals surface area contributed by atoms with Gasteiger partial charge in [-0.25, -0.2) is 4.98 Å². The number of nitrogens with zero attached hydrogens (tertiary/aromatic N) is 2. The van der Waals surface area contributed by atoms with Crippen molar-refractivity contribution >= 4 is 21.7 Å². The number of ketones is 1. The second kappa shape index (κ2) is 5.96. The number of hydrogen-bond acceptors (Lipinski definition) is 2. The van der Waals surface area contributed by atoms with E-state index in [4.69, 9.17) is 0 Å². The first-order chi connectivity index (χ1) is 8.66. The maximum Gasteiger partial charge on any atom is 0.162 e. The summed E-state index contributed by atoms with van der Waals surface area (Å²) in [6.45, 7) is 0. The van der Waals surface area contributed by atoms with Crippen molar-refractivity contribution in [3.05, 3.63) is 52.5 Å². The topological polar surface area (TPSA) is 34.9 Å². The van der Waals surface area contributed by atoms with E-state index in [0.717, 1.165) is 28.7 Å². The number of imidazole rings is 1. The molecular weight excluding hydrogens is 292 g/mol. The van der Waals surface area contributed by atoms with Crippen LogP contribution in [0.4, 0.5) is 0 Å². The SMILES string of the molecule is Cn1ccnc1CCCC(=O)c1ccc(Br)cc1. The van der Waals surface area contributed by atoms with Gasteiger partial charge in [-0.15, -0.1) is 0 Å². The number of halogens is 1. The molecule has 0 aliphatic rings. The standard InChI is InChI=1S/C14H15BrN2O/c1-17-10-9-16-14(17)4-2-3-13(18)11-5-7-12(15)8-6-11/h5-10H,2-4H2,1H3. The van der Waals surface area contributed by atoms with Gasteiger partial charge in [0.15, 0.2) is 5.78 Å². The number of hydrogen-bond donors (Lipinski definition) is 0. The molecule has 0 spiro atoms. The number of Topliss-reactive ketones (excluding diaryl/α,β-unsaturated/α-hetero) is 1. The molecule has 0 fully saturated rings. The molecule has 2 rings (SSSR count). The lowest BCUT2D eigenvalue weighted by atomic mass is 10.1. The normalized spacial score (nSPS) is 10.6. The summed E-state index contributed by atoms with van der Waals surface area (Å²) in [5, 5.41) is 0. The molecule has 3 nitrogen and oxygen atoms in total. The third-order valence-electron chi connectivity index (χ3n) is 2.89. The van der Waals surface area contributed by atoms with Crippen molar-refractivity contribution in [2.45, 2.75) is 19.3 Å². The minimum Gasteiger partial charge on any atom is -0.338 e. The van der Waals surface area contributed by atoms with Gasteiger partial charge in [-0.05, 0) is 18.6 Å². The third kappa shape index (κ3) is 3.29. The van der Waals surface area contributed by atoms with Crippen LogP contribution in [0.2, 0.25) is 0 Å². The van der Waals surface area contributed by atoms with Crippen molar-refractivity contribution in [3.63, 3.8) is 0 Å². The summed E-state index contributed by atoms with van der Waals surface area (Å²) in [4.78, 5) is 16.2. The minimum atomic E-state index is 0.191. The molecule has 0 bridgehead atoms. The summed E-state index contributed by atoms with van der Waals surface area (Å²) in [5.74, 6) is 1.22. The largest absolute Gasteiger partial charge is 0.338 e. The molecule has 0 atom stereocenters. The van der Waals surface area contributed by atoms with Crippen LogP contribution in [0.25, 0.3) is 0 Å². The summed E-state index contributed by atoms with van der Waals surface area (Å²) in [7, 11) is 1.97. The van der Waals surface area contributed by atoms with Crippen LogP contribution in [0.5, 0.6) is 0 Å². The van der Waals surface area contributed by atoms with Crippen LogP contribution in [-0.4, -0.2) is 15.3 Å². The predicted octanol–water partition coefficient (Wildman–Crippen LogP) is 3.39. The van der Waals surface area contributed by atoms with Gasteiger partial charge in [-0.2, -0.15) is 0 Å². The van der Waals surface area contributed by atoms with Crippen molar-refractivity contribution in [1.29, 1.82) is 0 Å². The van der Waals surface area contributed by atoms with E-state index < -0.39 is 0 Å². The van der Waals surface area contributed by atoms with Crippen molar-refractivity contribution < 1.29 is 4.79 Å². The van der Waals surface area contributed by atoms with Crippen LogP contribution in [0, 0.1) is 0 Å². The van der Waals surface area contributed by atoms with E-state index in [0.29, 0.717) is 6.42 Å². The Labute approximate surface area is 115 Å². The number of aromatic nitrogens is 2. The fraction of sp³-hybridized carbons (Fsp3) is 0.286. The Morgan fingerprint density at radius 2 is 2.06 bits per heavy atom. The molecule has 0 saturated carbocycles. The Kier molecular flexibility index (Phi) is 4.31. The molecule has 0 N–H and O–H groups in total. The molecule has 1 aromatic heterocycles. The van der Waals surface area contributed by atoms with E-state index in [1.807, 2.05) is 42.1 Å². The van der Waals surface area contributed by atoms with Crippen molar-refractivity contribution in [3.8, 4) is 0 Å². The van der Waals surface area contributed by atoms with Gasteiger partial charge in [0, 0.05) is 42.3 Å². The van der Waals surface area contributed by atoms with Gasteiger partial charge >= 0.3 is 0 Å². The van der Waals surface area contributed by atoms with Gasteiger partial charge in [0.1, 0.15) is 5.82 Å². The monoisotopic (exact) mass is 306 g/mol. The zero-order chi connectivity index (χ0) is 13.0. The summed E-state index contributed by atoms with van der Waals surface area (Å²) in [6.07, 6.45) is 5.94. The molecule has 2 aromatic rings. The van der Waals surface area contributed by atoms with E-state index >= 15 is 0 Å². The highest BCUT2D eigenvalue weighted by Crippen LogP contribution is 2.13. The van der Waals surface area contributed by atoms with Crippen LogP contribution >= 0.6 is 15.9 Å². The summed E-state index contributed by atoms with van der Waals surface area (Å²) < 4.78 is 2.98. The smallest absolute Gasteiger partial charge is 0.162 e. The van der Waals surface area contributed by atoms with Crippen LogP contribution in [0.1, 0.15) is 29.0 Å². The summed E-state index contributed by atoms with van der Waals surface area (Å²) in [6, 6.07) is 7.50. The quantitative estimate of drug-likeness (QED) is 0.794.